The fourth-order valence-electron chi connectivity index (χ4n) is 3.43. The molecule has 0 atom stereocenters. The number of fused-ring (bicyclic) bond motifs is 1. The number of hydrogen-bond donors (Lipinski definition) is 4. The maximum Gasteiger partial charge on any atom is 0.152 e. The fraction of sp³-hybridized carbons (Fsp3) is 0.333. The van der Waals surface area contributed by atoms with E-state index in [4.69, 9.17) is 23.2 Å². The molecule has 4 N–H and O–H groups in total. The van der Waals surface area contributed by atoms with Crippen LogP contribution in [-0.4, -0.2) is 37.3 Å². The lowest BCUT2D eigenvalue weighted by atomic mass is 9.93. The third kappa shape index (κ3) is 3.20. The van der Waals surface area contributed by atoms with Crippen LogP contribution in [0.25, 0.3) is 22.2 Å². The van der Waals surface area contributed by atoms with E-state index in [9.17, 15) is 10.2 Å². The molecule has 1 fully saturated rings. The molecule has 0 unspecified atom stereocenters. The van der Waals surface area contributed by atoms with Gasteiger partial charge >= 0.3 is 0 Å². The second-order valence-corrected chi connectivity index (χ2v) is 7.40. The van der Waals surface area contributed by atoms with Gasteiger partial charge in [0, 0.05) is 17.8 Å². The third-order valence-corrected chi connectivity index (χ3v) is 5.41. The molecule has 1 aliphatic carbocycles. The number of benzene rings is 1. The van der Waals surface area contributed by atoms with Crippen LogP contribution in [0, 0.1) is 0 Å². The van der Waals surface area contributed by atoms with Gasteiger partial charge in [-0.2, -0.15) is 0 Å². The molecule has 1 aliphatic rings. The van der Waals surface area contributed by atoms with E-state index in [-0.39, 0.29) is 27.9 Å². The first kappa shape index (κ1) is 17.4. The predicted octanol–water partition coefficient (Wildman–Crippen LogP) is 4.35. The highest BCUT2D eigenvalue weighted by Gasteiger charge is 2.22. The van der Waals surface area contributed by atoms with Crippen molar-refractivity contribution < 1.29 is 10.2 Å². The first-order chi connectivity index (χ1) is 12.5. The molecule has 0 saturated heterocycles. The van der Waals surface area contributed by atoms with Gasteiger partial charge in [-0.25, -0.2) is 9.97 Å². The summed E-state index contributed by atoms with van der Waals surface area (Å²) in [5.41, 5.74) is 2.32. The van der Waals surface area contributed by atoms with E-state index in [0.717, 1.165) is 48.0 Å². The zero-order valence-corrected chi connectivity index (χ0v) is 15.3. The maximum atomic E-state index is 9.80. The smallest absolute Gasteiger partial charge is 0.152 e. The molecule has 3 aromatic rings. The van der Waals surface area contributed by atoms with Crippen LogP contribution in [0.5, 0.6) is 5.75 Å². The minimum absolute atomic E-state index is 0.132. The number of halogens is 2. The molecule has 1 saturated carbocycles. The normalized spacial score (nSPS) is 20.4. The van der Waals surface area contributed by atoms with Gasteiger partial charge in [-0.05, 0) is 43.4 Å². The number of hydrogen-bond acceptors (Lipinski definition) is 5. The Morgan fingerprint density at radius 3 is 2.46 bits per heavy atom. The molecular weight excluding hydrogens is 375 g/mol. The Morgan fingerprint density at radius 1 is 1.08 bits per heavy atom. The number of phenolic OH excluding ortho intramolecular Hbond substituents is 1. The lowest BCUT2D eigenvalue weighted by Crippen LogP contribution is -2.28. The molecule has 4 rings (SSSR count). The number of aromatic nitrogens is 3. The van der Waals surface area contributed by atoms with Crippen LogP contribution in [-0.2, 0) is 0 Å². The van der Waals surface area contributed by atoms with Crippen molar-refractivity contribution in [1.82, 2.24) is 15.0 Å². The van der Waals surface area contributed by atoms with Crippen LogP contribution >= 0.6 is 23.2 Å². The Morgan fingerprint density at radius 2 is 1.77 bits per heavy atom. The molecule has 2 heterocycles. The van der Waals surface area contributed by atoms with E-state index in [1.165, 1.54) is 6.33 Å². The van der Waals surface area contributed by atoms with Crippen LogP contribution < -0.4 is 5.32 Å². The number of anilines is 1. The van der Waals surface area contributed by atoms with E-state index < -0.39 is 0 Å². The van der Waals surface area contributed by atoms with Gasteiger partial charge in [0.25, 0.3) is 0 Å². The predicted molar refractivity (Wildman–Crippen MR) is 103 cm³/mol. The molecule has 136 valence electrons. The molecule has 26 heavy (non-hydrogen) atoms. The molecule has 6 nitrogen and oxygen atoms in total. The number of aromatic hydroxyl groups is 1. The van der Waals surface area contributed by atoms with E-state index in [1.54, 1.807) is 12.1 Å². The van der Waals surface area contributed by atoms with Gasteiger partial charge in [0.1, 0.15) is 17.8 Å². The number of aromatic amines is 1. The molecule has 1 aromatic carbocycles. The zero-order chi connectivity index (χ0) is 18.3. The van der Waals surface area contributed by atoms with Crippen LogP contribution in [0.2, 0.25) is 10.0 Å². The number of aliphatic hydroxyl groups excluding tert-OH is 1. The second-order valence-electron chi connectivity index (χ2n) is 6.59. The number of H-pyrrole nitrogens is 1. The topological polar surface area (TPSA) is 94.1 Å². The van der Waals surface area contributed by atoms with Gasteiger partial charge in [-0.1, -0.05) is 23.2 Å². The summed E-state index contributed by atoms with van der Waals surface area (Å²) < 4.78 is 0. The standard InChI is InChI=1S/C18H18Cl2N4O2/c19-13-5-9(6-14(20)16(13)26)12-7-21-17-15(12)18(23-8-22-17)24-10-1-3-11(25)4-2-10/h5-8,10-11,25-26H,1-4H2,(H2,21,22,23,24). The van der Waals surface area contributed by atoms with Gasteiger partial charge in [-0.3, -0.25) is 0 Å². The summed E-state index contributed by atoms with van der Waals surface area (Å²) in [7, 11) is 0. The van der Waals surface area contributed by atoms with E-state index in [0.29, 0.717) is 5.65 Å². The number of nitrogens with one attached hydrogen (secondary N) is 2. The second kappa shape index (κ2) is 6.95. The van der Waals surface area contributed by atoms with Crippen molar-refractivity contribution in [3.05, 3.63) is 34.7 Å². The highest BCUT2D eigenvalue weighted by atomic mass is 35.5. The van der Waals surface area contributed by atoms with Crippen molar-refractivity contribution in [1.29, 1.82) is 0 Å². The number of aliphatic hydroxyl groups is 1. The Balaban J connectivity index is 1.75. The van der Waals surface area contributed by atoms with Gasteiger partial charge in [0.15, 0.2) is 5.75 Å². The van der Waals surface area contributed by atoms with E-state index >= 15 is 0 Å². The molecule has 0 spiro atoms. The number of rotatable bonds is 3. The van der Waals surface area contributed by atoms with Crippen LogP contribution in [0.3, 0.4) is 0 Å². The number of nitrogens with zero attached hydrogens (tertiary/aromatic N) is 2. The molecule has 0 radical (unpaired) electrons. The van der Waals surface area contributed by atoms with Gasteiger partial charge < -0.3 is 20.5 Å². The van der Waals surface area contributed by atoms with Crippen molar-refractivity contribution in [2.75, 3.05) is 5.32 Å². The Kier molecular flexibility index (Phi) is 4.65. The minimum Gasteiger partial charge on any atom is -0.505 e. The van der Waals surface area contributed by atoms with Crippen molar-refractivity contribution >= 4 is 40.1 Å². The number of phenols is 1. The van der Waals surface area contributed by atoms with E-state index in [2.05, 4.69) is 20.3 Å². The molecule has 0 amide bonds. The average Bonchev–Trinajstić information content (AvgIpc) is 3.06. The molecule has 0 aliphatic heterocycles. The zero-order valence-electron chi connectivity index (χ0n) is 13.8. The van der Waals surface area contributed by atoms with Crippen molar-refractivity contribution in [2.24, 2.45) is 0 Å². The van der Waals surface area contributed by atoms with Crippen molar-refractivity contribution in [3.63, 3.8) is 0 Å². The van der Waals surface area contributed by atoms with Crippen LogP contribution in [0.4, 0.5) is 5.82 Å². The van der Waals surface area contributed by atoms with Gasteiger partial charge in [0.2, 0.25) is 0 Å². The highest BCUT2D eigenvalue weighted by Crippen LogP contribution is 2.40. The lowest BCUT2D eigenvalue weighted by Gasteiger charge is -2.26. The van der Waals surface area contributed by atoms with Crippen molar-refractivity contribution in [3.8, 4) is 16.9 Å². The quantitative estimate of drug-likeness (QED) is 0.531. The third-order valence-electron chi connectivity index (χ3n) is 4.84. The van der Waals surface area contributed by atoms with E-state index in [1.807, 2.05) is 6.20 Å². The maximum absolute atomic E-state index is 9.80. The molecule has 8 heteroatoms. The monoisotopic (exact) mass is 392 g/mol. The SMILES string of the molecule is Oc1c(Cl)cc(-c2c[nH]c3ncnc(NC4CCC(O)CC4)c23)cc1Cl. The van der Waals surface area contributed by atoms with Crippen LogP contribution in [0.15, 0.2) is 24.7 Å². The average molecular weight is 393 g/mol. The summed E-state index contributed by atoms with van der Waals surface area (Å²) in [4.78, 5) is 11.9. The highest BCUT2D eigenvalue weighted by molar-refractivity contribution is 6.37. The largest absolute Gasteiger partial charge is 0.505 e. The molecule has 2 aromatic heterocycles. The van der Waals surface area contributed by atoms with Gasteiger partial charge in [0.05, 0.1) is 21.5 Å². The summed E-state index contributed by atoms with van der Waals surface area (Å²) in [5.74, 6) is 0.597. The van der Waals surface area contributed by atoms with Gasteiger partial charge in [-0.15, -0.1) is 0 Å². The summed E-state index contributed by atoms with van der Waals surface area (Å²) in [6.07, 6.45) is 6.49. The molecular formula is C18H18Cl2N4O2. The Labute approximate surface area is 160 Å². The Bertz CT molecular complexity index is 929. The van der Waals surface area contributed by atoms with Crippen molar-refractivity contribution in [2.45, 2.75) is 37.8 Å². The molecule has 0 bridgehead atoms. The summed E-state index contributed by atoms with van der Waals surface area (Å²) >= 11 is 12.2. The first-order valence-electron chi connectivity index (χ1n) is 8.48. The summed E-state index contributed by atoms with van der Waals surface area (Å²) in [6.45, 7) is 0. The van der Waals surface area contributed by atoms with Crippen LogP contribution in [0.1, 0.15) is 25.7 Å². The summed E-state index contributed by atoms with van der Waals surface area (Å²) in [5, 5.41) is 24.2. The minimum atomic E-state index is -0.206. The lowest BCUT2D eigenvalue weighted by molar-refractivity contribution is 0.126. The first-order valence-corrected chi connectivity index (χ1v) is 9.23. The summed E-state index contributed by atoms with van der Waals surface area (Å²) in [6, 6.07) is 3.59. The Hall–Kier alpha value is -2.02. The fourth-order valence-corrected chi connectivity index (χ4v) is 3.92.